The molecule has 0 aliphatic carbocycles. The van der Waals surface area contributed by atoms with Crippen LogP contribution in [-0.2, 0) is 4.79 Å². The quantitative estimate of drug-likeness (QED) is 0.625. The molecule has 1 aromatic carbocycles. The first-order chi connectivity index (χ1) is 12.0. The van der Waals surface area contributed by atoms with Crippen molar-refractivity contribution in [2.75, 3.05) is 16.4 Å². The smallest absolute Gasteiger partial charge is 0.258 e. The minimum Gasteiger partial charge on any atom is -0.397 e. The molecule has 3 aromatic rings. The molecule has 0 fully saturated rings. The lowest BCUT2D eigenvalue weighted by atomic mass is 10.1. The van der Waals surface area contributed by atoms with E-state index in [2.05, 4.69) is 20.6 Å². The van der Waals surface area contributed by atoms with Crippen LogP contribution in [0.4, 0.5) is 17.3 Å². The third-order valence-corrected chi connectivity index (χ3v) is 4.23. The van der Waals surface area contributed by atoms with Crippen molar-refractivity contribution in [3.63, 3.8) is 0 Å². The molecule has 0 bridgehead atoms. The van der Waals surface area contributed by atoms with Gasteiger partial charge in [0.25, 0.3) is 5.91 Å². The van der Waals surface area contributed by atoms with Crippen LogP contribution in [0.3, 0.4) is 0 Å². The van der Waals surface area contributed by atoms with Crippen LogP contribution in [0.1, 0.15) is 17.3 Å². The molecule has 2 aromatic heterocycles. The fourth-order valence-corrected chi connectivity index (χ4v) is 2.85. The predicted molar refractivity (Wildman–Crippen MR) is 98.5 cm³/mol. The average molecular weight is 353 g/mol. The van der Waals surface area contributed by atoms with Gasteiger partial charge in [-0.15, -0.1) is 11.3 Å². The third kappa shape index (κ3) is 3.99. The van der Waals surface area contributed by atoms with Crippen molar-refractivity contribution in [2.24, 2.45) is 0 Å². The molecule has 0 atom stereocenters. The highest BCUT2D eigenvalue weighted by Gasteiger charge is 2.11. The number of nitrogen functional groups attached to an aromatic ring is 1. The Labute approximate surface area is 147 Å². The van der Waals surface area contributed by atoms with Crippen molar-refractivity contribution < 1.29 is 9.59 Å². The van der Waals surface area contributed by atoms with E-state index in [0.29, 0.717) is 11.4 Å². The number of nitrogens with one attached hydrogen (secondary N) is 2. The number of amides is 2. The lowest BCUT2D eigenvalue weighted by Crippen LogP contribution is -2.15. The van der Waals surface area contributed by atoms with Crippen LogP contribution >= 0.6 is 11.3 Å². The van der Waals surface area contributed by atoms with Gasteiger partial charge in [0.05, 0.1) is 16.9 Å². The van der Waals surface area contributed by atoms with Gasteiger partial charge < -0.3 is 11.1 Å². The molecule has 8 heteroatoms. The molecule has 126 valence electrons. The molecule has 25 heavy (non-hydrogen) atoms. The van der Waals surface area contributed by atoms with E-state index in [0.717, 1.165) is 10.4 Å². The van der Waals surface area contributed by atoms with Gasteiger partial charge in [-0.05, 0) is 29.1 Å². The van der Waals surface area contributed by atoms with Crippen LogP contribution in [0.5, 0.6) is 0 Å². The highest BCUT2D eigenvalue weighted by molar-refractivity contribution is 7.13. The molecule has 0 aliphatic heterocycles. The van der Waals surface area contributed by atoms with E-state index in [1.807, 2.05) is 29.6 Å². The molecule has 4 N–H and O–H groups in total. The molecule has 0 aliphatic rings. The second-order valence-corrected chi connectivity index (χ2v) is 6.16. The summed E-state index contributed by atoms with van der Waals surface area (Å²) < 4.78 is 0. The molecular formula is C17H15N5O2S. The van der Waals surface area contributed by atoms with Gasteiger partial charge in [0.1, 0.15) is 0 Å². The first kappa shape index (κ1) is 16.6. The standard InChI is InChI=1S/C17H15N5O2S/c1-10(23)21-17-19-8-12(9-20-17)16(24)22-14-7-11(4-5-13(14)18)15-3-2-6-25-15/h2-9H,18H2,1H3,(H,22,24)(H,19,20,21,23). The van der Waals surface area contributed by atoms with Crippen molar-refractivity contribution >= 4 is 40.5 Å². The molecule has 2 heterocycles. The van der Waals surface area contributed by atoms with E-state index in [1.165, 1.54) is 19.3 Å². The summed E-state index contributed by atoms with van der Waals surface area (Å²) in [6, 6.07) is 9.44. The molecule has 0 saturated heterocycles. The molecule has 7 nitrogen and oxygen atoms in total. The maximum Gasteiger partial charge on any atom is 0.258 e. The van der Waals surface area contributed by atoms with Crippen molar-refractivity contribution in [1.29, 1.82) is 0 Å². The number of carbonyl (C=O) groups excluding carboxylic acids is 2. The third-order valence-electron chi connectivity index (χ3n) is 3.31. The lowest BCUT2D eigenvalue weighted by Gasteiger charge is -2.10. The number of nitrogens with two attached hydrogens (primary N) is 1. The Balaban J connectivity index is 1.78. The summed E-state index contributed by atoms with van der Waals surface area (Å²) in [5.41, 5.74) is 8.16. The Morgan fingerprint density at radius 2 is 1.88 bits per heavy atom. The predicted octanol–water partition coefficient (Wildman–Crippen LogP) is 3.00. The zero-order chi connectivity index (χ0) is 17.8. The van der Waals surface area contributed by atoms with Crippen LogP contribution < -0.4 is 16.4 Å². The van der Waals surface area contributed by atoms with Gasteiger partial charge >= 0.3 is 0 Å². The zero-order valence-corrected chi connectivity index (χ0v) is 14.1. The van der Waals surface area contributed by atoms with E-state index in [9.17, 15) is 9.59 Å². The summed E-state index contributed by atoms with van der Waals surface area (Å²) in [6.07, 6.45) is 2.68. The van der Waals surface area contributed by atoms with E-state index in [1.54, 1.807) is 17.4 Å². The van der Waals surface area contributed by atoms with E-state index >= 15 is 0 Å². The van der Waals surface area contributed by atoms with Crippen molar-refractivity contribution in [1.82, 2.24) is 9.97 Å². The minimum atomic E-state index is -0.385. The number of carbonyl (C=O) groups is 2. The van der Waals surface area contributed by atoms with Crippen molar-refractivity contribution in [3.8, 4) is 10.4 Å². The van der Waals surface area contributed by atoms with Crippen LogP contribution in [0.2, 0.25) is 0 Å². The lowest BCUT2D eigenvalue weighted by molar-refractivity contribution is -0.114. The Bertz CT molecular complexity index is 907. The largest absolute Gasteiger partial charge is 0.397 e. The molecular weight excluding hydrogens is 338 g/mol. The number of anilines is 3. The van der Waals surface area contributed by atoms with Gasteiger partial charge in [-0.25, -0.2) is 9.97 Å². The normalized spacial score (nSPS) is 10.3. The Morgan fingerprint density at radius 3 is 2.52 bits per heavy atom. The van der Waals surface area contributed by atoms with Gasteiger partial charge in [-0.1, -0.05) is 12.1 Å². The van der Waals surface area contributed by atoms with Gasteiger partial charge in [-0.2, -0.15) is 0 Å². The van der Waals surface area contributed by atoms with Crippen molar-refractivity contribution in [2.45, 2.75) is 6.92 Å². The molecule has 2 amide bonds. The zero-order valence-electron chi connectivity index (χ0n) is 13.3. The highest BCUT2D eigenvalue weighted by Crippen LogP contribution is 2.30. The molecule has 0 spiro atoms. The maximum absolute atomic E-state index is 12.4. The Hall–Kier alpha value is -3.26. The first-order valence-electron chi connectivity index (χ1n) is 7.37. The number of rotatable bonds is 4. The maximum atomic E-state index is 12.4. The molecule has 3 rings (SSSR count). The van der Waals surface area contributed by atoms with Gasteiger partial charge in [0.15, 0.2) is 0 Å². The summed E-state index contributed by atoms with van der Waals surface area (Å²) in [7, 11) is 0. The average Bonchev–Trinajstić information content (AvgIpc) is 3.11. The van der Waals surface area contributed by atoms with Gasteiger partial charge in [0.2, 0.25) is 11.9 Å². The Kier molecular flexibility index (Phi) is 4.71. The Morgan fingerprint density at radius 1 is 1.12 bits per heavy atom. The van der Waals surface area contributed by atoms with E-state index in [-0.39, 0.29) is 23.3 Å². The second-order valence-electron chi connectivity index (χ2n) is 5.21. The number of aromatic nitrogens is 2. The fraction of sp³-hybridized carbons (Fsp3) is 0.0588. The van der Waals surface area contributed by atoms with E-state index in [4.69, 9.17) is 5.73 Å². The summed E-state index contributed by atoms with van der Waals surface area (Å²) >= 11 is 1.60. The molecule has 0 saturated carbocycles. The van der Waals surface area contributed by atoms with Crippen LogP contribution in [-0.4, -0.2) is 21.8 Å². The summed E-state index contributed by atoms with van der Waals surface area (Å²) in [4.78, 5) is 32.3. The van der Waals surface area contributed by atoms with Gasteiger partial charge in [-0.3, -0.25) is 14.9 Å². The second kappa shape index (κ2) is 7.10. The minimum absolute atomic E-state index is 0.142. The topological polar surface area (TPSA) is 110 Å². The molecule has 0 unspecified atom stereocenters. The SMILES string of the molecule is CC(=O)Nc1ncc(C(=O)Nc2cc(-c3cccs3)ccc2N)cn1. The van der Waals surface area contributed by atoms with E-state index < -0.39 is 0 Å². The summed E-state index contributed by atoms with van der Waals surface area (Å²) in [5.74, 6) is -0.525. The number of benzene rings is 1. The highest BCUT2D eigenvalue weighted by atomic mass is 32.1. The number of hydrogen-bond acceptors (Lipinski definition) is 6. The van der Waals surface area contributed by atoms with Gasteiger partial charge in [0, 0.05) is 24.2 Å². The first-order valence-corrected chi connectivity index (χ1v) is 8.25. The van der Waals surface area contributed by atoms with Crippen molar-refractivity contribution in [3.05, 3.63) is 53.7 Å². The van der Waals surface area contributed by atoms with Crippen LogP contribution in [0.15, 0.2) is 48.1 Å². The summed E-state index contributed by atoms with van der Waals surface area (Å²) in [6.45, 7) is 1.35. The monoisotopic (exact) mass is 353 g/mol. The number of thiophene rings is 1. The molecule has 0 radical (unpaired) electrons. The number of hydrogen-bond donors (Lipinski definition) is 3. The number of nitrogens with zero attached hydrogens (tertiary/aromatic N) is 2. The fourth-order valence-electron chi connectivity index (χ4n) is 2.12. The van der Waals surface area contributed by atoms with Crippen LogP contribution in [0, 0.1) is 0 Å². The summed E-state index contributed by atoms with van der Waals surface area (Å²) in [5, 5.41) is 7.19. The van der Waals surface area contributed by atoms with Crippen LogP contribution in [0.25, 0.3) is 10.4 Å².